The van der Waals surface area contributed by atoms with Crippen molar-refractivity contribution in [3.8, 4) is 0 Å². The van der Waals surface area contributed by atoms with Crippen LogP contribution < -0.4 is 20.0 Å². The summed E-state index contributed by atoms with van der Waals surface area (Å²) in [7, 11) is 1.75. The molecule has 0 spiro atoms. The quantitative estimate of drug-likeness (QED) is 0.277. The topological polar surface area (TPSA) is 86.6 Å². The Bertz CT molecular complexity index is 1560. The second kappa shape index (κ2) is 10.5. The molecule has 1 fully saturated rings. The van der Waals surface area contributed by atoms with Gasteiger partial charge in [-0.15, -0.1) is 0 Å². The van der Waals surface area contributed by atoms with Gasteiger partial charge in [-0.1, -0.05) is 18.2 Å². The number of carbonyl (C=O) groups excluding carboxylic acids is 2. The van der Waals surface area contributed by atoms with E-state index in [-0.39, 0.29) is 12.1 Å². The number of carbonyl (C=O) groups is 2. The largest absolute Gasteiger partial charge is 0.419 e. The van der Waals surface area contributed by atoms with E-state index in [4.69, 9.17) is 0 Å². The normalized spacial score (nSPS) is 13.9. The van der Waals surface area contributed by atoms with Crippen molar-refractivity contribution in [1.29, 1.82) is 0 Å². The number of rotatable bonds is 5. The summed E-state index contributed by atoms with van der Waals surface area (Å²) in [5.74, 6) is -1.51. The number of anilines is 4. The number of amides is 3. The van der Waals surface area contributed by atoms with E-state index in [9.17, 15) is 27.2 Å². The molecule has 1 saturated heterocycles. The third-order valence-electron chi connectivity index (χ3n) is 6.82. The Labute approximate surface area is 226 Å². The molecule has 0 aliphatic carbocycles. The molecule has 3 amide bonds. The van der Waals surface area contributed by atoms with Crippen LogP contribution in [0.1, 0.15) is 11.3 Å². The predicted molar refractivity (Wildman–Crippen MR) is 143 cm³/mol. The minimum Gasteiger partial charge on any atom is -0.368 e. The average Bonchev–Trinajstić information content (AvgIpc) is 3.22. The van der Waals surface area contributed by atoms with Crippen molar-refractivity contribution < 1.29 is 27.2 Å². The summed E-state index contributed by atoms with van der Waals surface area (Å²) in [6.07, 6.45) is -3.51. The third-order valence-corrected chi connectivity index (χ3v) is 6.82. The van der Waals surface area contributed by atoms with Crippen molar-refractivity contribution in [2.24, 2.45) is 7.05 Å². The van der Waals surface area contributed by atoms with Gasteiger partial charge >= 0.3 is 12.2 Å². The second-order valence-electron chi connectivity index (χ2n) is 9.31. The highest BCUT2D eigenvalue weighted by Gasteiger charge is 2.35. The van der Waals surface area contributed by atoms with Crippen molar-refractivity contribution >= 4 is 46.2 Å². The van der Waals surface area contributed by atoms with Crippen LogP contribution in [0.3, 0.4) is 0 Å². The summed E-state index contributed by atoms with van der Waals surface area (Å²) in [5, 5.41) is 7.79. The van der Waals surface area contributed by atoms with Crippen LogP contribution in [0.2, 0.25) is 0 Å². The molecule has 2 aromatic heterocycles. The lowest BCUT2D eigenvalue weighted by Gasteiger charge is -2.38. The van der Waals surface area contributed by atoms with Gasteiger partial charge in [0.05, 0.1) is 39.9 Å². The molecule has 1 aliphatic heterocycles. The molecule has 208 valence electrons. The minimum absolute atomic E-state index is 0.0717. The zero-order valence-electron chi connectivity index (χ0n) is 21.6. The fraction of sp³-hybridized carbons (Fsp3) is 0.259. The smallest absolute Gasteiger partial charge is 0.368 e. The summed E-state index contributed by atoms with van der Waals surface area (Å²) < 4.78 is 55.2. The maximum absolute atomic E-state index is 13.8. The Morgan fingerprint density at radius 3 is 2.38 bits per heavy atom. The number of nitrogens with zero attached hydrogens (tertiary/aromatic N) is 6. The number of urea groups is 1. The zero-order chi connectivity index (χ0) is 28.6. The van der Waals surface area contributed by atoms with E-state index in [1.165, 1.54) is 6.20 Å². The van der Waals surface area contributed by atoms with Crippen molar-refractivity contribution in [1.82, 2.24) is 14.8 Å². The Morgan fingerprint density at radius 2 is 1.73 bits per heavy atom. The number of aryl methyl sites for hydroxylation is 2. The first-order valence-corrected chi connectivity index (χ1v) is 12.4. The number of nitrogens with one attached hydrogen (secondary N) is 1. The van der Waals surface area contributed by atoms with Gasteiger partial charge in [0.25, 0.3) is 0 Å². The summed E-state index contributed by atoms with van der Waals surface area (Å²) in [5.41, 5.74) is 1.21. The second-order valence-corrected chi connectivity index (χ2v) is 9.31. The number of alkyl halides is 3. The Morgan fingerprint density at radius 1 is 1.05 bits per heavy atom. The summed E-state index contributed by atoms with van der Waals surface area (Å²) >= 11 is 0. The number of halogens is 4. The van der Waals surface area contributed by atoms with Crippen LogP contribution in [0.5, 0.6) is 0 Å². The fourth-order valence-electron chi connectivity index (χ4n) is 4.92. The monoisotopic (exact) mass is 555 g/mol. The molecule has 1 aliphatic rings. The number of benzene rings is 2. The van der Waals surface area contributed by atoms with Crippen LogP contribution in [0.15, 0.2) is 54.7 Å². The minimum atomic E-state index is -5.01. The lowest BCUT2D eigenvalue weighted by Crippen LogP contribution is -2.47. The molecule has 0 saturated carbocycles. The van der Waals surface area contributed by atoms with Crippen LogP contribution >= 0.6 is 0 Å². The van der Waals surface area contributed by atoms with Crippen molar-refractivity contribution in [2.45, 2.75) is 13.1 Å². The summed E-state index contributed by atoms with van der Waals surface area (Å²) in [4.78, 5) is 34.3. The molecular formula is C27H25F4N7O2. The van der Waals surface area contributed by atoms with Gasteiger partial charge in [-0.25, -0.2) is 19.1 Å². The SMILES string of the molecule is Cc1nn(C)c2ncc(NC(=O)N(C=O)c3ccc(F)c(C(F)(F)F)c3)c(N3CCN(c4ccccc4)CC3)c12. The number of hydrogen-bond donors (Lipinski definition) is 1. The molecule has 40 heavy (non-hydrogen) atoms. The number of imide groups is 1. The Balaban J connectivity index is 1.48. The molecule has 1 N–H and O–H groups in total. The maximum atomic E-state index is 13.8. The van der Waals surface area contributed by atoms with Crippen molar-refractivity contribution in [3.05, 3.63) is 71.8 Å². The molecule has 0 radical (unpaired) electrons. The molecule has 9 nitrogen and oxygen atoms in total. The van der Waals surface area contributed by atoms with Gasteiger partial charge in [-0.3, -0.25) is 9.48 Å². The first kappa shape index (κ1) is 26.9. The van der Waals surface area contributed by atoms with E-state index in [1.54, 1.807) is 11.7 Å². The first-order valence-electron chi connectivity index (χ1n) is 12.4. The van der Waals surface area contributed by atoms with Gasteiger partial charge in [0.15, 0.2) is 5.65 Å². The molecule has 5 rings (SSSR count). The van der Waals surface area contributed by atoms with Gasteiger partial charge in [-0.2, -0.15) is 18.3 Å². The lowest BCUT2D eigenvalue weighted by atomic mass is 10.1. The first-order chi connectivity index (χ1) is 19.1. The van der Waals surface area contributed by atoms with Crippen LogP contribution in [-0.2, 0) is 18.0 Å². The molecular weight excluding hydrogens is 530 g/mol. The Hall–Kier alpha value is -4.68. The number of piperazine rings is 1. The van der Waals surface area contributed by atoms with E-state index in [0.717, 1.165) is 11.8 Å². The summed E-state index contributed by atoms with van der Waals surface area (Å²) in [6, 6.07) is 10.8. The van der Waals surface area contributed by atoms with Gasteiger partial charge in [0.2, 0.25) is 6.41 Å². The molecule has 4 aromatic rings. The van der Waals surface area contributed by atoms with E-state index < -0.39 is 29.3 Å². The number of para-hydroxylation sites is 1. The van der Waals surface area contributed by atoms with Crippen LogP contribution in [0, 0.1) is 12.7 Å². The Kier molecular flexibility index (Phi) is 7.04. The predicted octanol–water partition coefficient (Wildman–Crippen LogP) is 4.96. The van der Waals surface area contributed by atoms with E-state index >= 15 is 0 Å². The number of hydrogen-bond acceptors (Lipinski definition) is 6. The van der Waals surface area contributed by atoms with E-state index in [2.05, 4.69) is 25.2 Å². The van der Waals surface area contributed by atoms with Crippen LogP contribution in [0.4, 0.5) is 45.1 Å². The van der Waals surface area contributed by atoms with E-state index in [1.807, 2.05) is 37.3 Å². The number of fused-ring (bicyclic) bond motifs is 1. The third kappa shape index (κ3) is 5.01. The van der Waals surface area contributed by atoms with Gasteiger partial charge in [0.1, 0.15) is 5.82 Å². The van der Waals surface area contributed by atoms with Gasteiger partial charge < -0.3 is 15.1 Å². The van der Waals surface area contributed by atoms with Crippen LogP contribution in [0.25, 0.3) is 11.0 Å². The molecule has 2 aromatic carbocycles. The lowest BCUT2D eigenvalue weighted by molar-refractivity contribution is -0.140. The van der Waals surface area contributed by atoms with Crippen molar-refractivity contribution in [2.75, 3.05) is 46.2 Å². The molecule has 13 heteroatoms. The highest BCUT2D eigenvalue weighted by Crippen LogP contribution is 2.37. The van der Waals surface area contributed by atoms with Gasteiger partial charge in [0, 0.05) is 38.9 Å². The number of aromatic nitrogens is 3. The number of pyridine rings is 1. The van der Waals surface area contributed by atoms with Crippen LogP contribution in [-0.4, -0.2) is 53.4 Å². The highest BCUT2D eigenvalue weighted by molar-refractivity contribution is 6.14. The van der Waals surface area contributed by atoms with Gasteiger partial charge in [-0.05, 0) is 37.3 Å². The maximum Gasteiger partial charge on any atom is 0.419 e. The standard InChI is InChI=1S/C27H25F4N7O2/c1-17-23-24(37-12-10-36(11-13-37)18-6-4-3-5-7-18)22(15-32-25(23)35(2)34-17)33-26(40)38(16-39)19-8-9-21(28)20(14-19)27(29,30)31/h3-9,14-16H,10-13H2,1-2H3,(H,33,40). The zero-order valence-corrected chi connectivity index (χ0v) is 21.6. The molecule has 0 atom stereocenters. The fourth-order valence-corrected chi connectivity index (χ4v) is 4.92. The van der Waals surface area contributed by atoms with E-state index in [0.29, 0.717) is 65.6 Å². The highest BCUT2D eigenvalue weighted by atomic mass is 19.4. The molecule has 3 heterocycles. The summed E-state index contributed by atoms with van der Waals surface area (Å²) in [6.45, 7) is 4.38. The van der Waals surface area contributed by atoms with Crippen molar-refractivity contribution in [3.63, 3.8) is 0 Å². The molecule has 0 bridgehead atoms. The molecule has 0 unspecified atom stereocenters. The average molecular weight is 556 g/mol.